The molecule has 1 unspecified atom stereocenters. The van der Waals surface area contributed by atoms with Crippen molar-refractivity contribution in [2.75, 3.05) is 12.0 Å². The van der Waals surface area contributed by atoms with Crippen LogP contribution in [0.15, 0.2) is 41.6 Å². The zero-order valence-electron chi connectivity index (χ0n) is 16.2. The Morgan fingerprint density at radius 1 is 1.28 bits per heavy atom. The molecule has 3 heterocycles. The van der Waals surface area contributed by atoms with E-state index in [1.165, 1.54) is 12.0 Å². The largest absolute Gasteiger partial charge is 0.497 e. The highest BCUT2D eigenvalue weighted by molar-refractivity contribution is 7.82. The standard InChI is InChI=1S/C19H20N6O3S/c1-11(2)25-10-21-23-18(25)15-5-4-6-17(22-15)24-9-14-13(19(24)26)7-12(28-3)8-16(14)29(20)27/h4-8,10-11H,9,20H2,1-3H3. The number of rotatable bonds is 5. The van der Waals surface area contributed by atoms with Gasteiger partial charge in [0.05, 0.1) is 18.6 Å². The van der Waals surface area contributed by atoms with E-state index in [4.69, 9.17) is 9.88 Å². The van der Waals surface area contributed by atoms with Crippen LogP contribution in [0.1, 0.15) is 35.8 Å². The molecule has 29 heavy (non-hydrogen) atoms. The van der Waals surface area contributed by atoms with Gasteiger partial charge >= 0.3 is 0 Å². The number of carbonyl (C=O) groups is 1. The predicted octanol–water partition coefficient (Wildman–Crippen LogP) is 2.07. The zero-order chi connectivity index (χ0) is 20.7. The number of hydrogen-bond donors (Lipinski definition) is 1. The number of methoxy groups -OCH3 is 1. The van der Waals surface area contributed by atoms with Crippen LogP contribution in [0.4, 0.5) is 5.82 Å². The van der Waals surface area contributed by atoms with Crippen molar-refractivity contribution in [1.82, 2.24) is 19.7 Å². The highest BCUT2D eigenvalue weighted by Crippen LogP contribution is 2.34. The SMILES string of the molecule is COc1cc2c(c(S(N)=O)c1)CN(c1cccc(-c3nncn3C(C)C)n1)C2=O. The third kappa shape index (κ3) is 3.30. The van der Waals surface area contributed by atoms with Crippen molar-refractivity contribution in [2.45, 2.75) is 31.3 Å². The minimum atomic E-state index is -1.75. The molecule has 0 fully saturated rings. The zero-order valence-corrected chi connectivity index (χ0v) is 17.0. The van der Waals surface area contributed by atoms with Crippen LogP contribution in [-0.4, -0.2) is 37.0 Å². The fourth-order valence-electron chi connectivity index (χ4n) is 3.33. The van der Waals surface area contributed by atoms with Gasteiger partial charge in [-0.1, -0.05) is 6.07 Å². The van der Waals surface area contributed by atoms with Gasteiger partial charge in [0, 0.05) is 17.2 Å². The molecule has 0 spiro atoms. The average molecular weight is 412 g/mol. The normalized spacial score (nSPS) is 14.4. The van der Waals surface area contributed by atoms with Crippen molar-refractivity contribution >= 4 is 22.7 Å². The van der Waals surface area contributed by atoms with E-state index in [1.807, 2.05) is 30.5 Å². The maximum Gasteiger partial charge on any atom is 0.260 e. The van der Waals surface area contributed by atoms with Gasteiger partial charge in [-0.3, -0.25) is 9.69 Å². The van der Waals surface area contributed by atoms with E-state index in [-0.39, 0.29) is 18.5 Å². The third-order valence-electron chi connectivity index (χ3n) is 4.80. The Bertz CT molecular complexity index is 1130. The number of amides is 1. The van der Waals surface area contributed by atoms with E-state index >= 15 is 0 Å². The van der Waals surface area contributed by atoms with Gasteiger partial charge in [-0.15, -0.1) is 10.2 Å². The first-order valence-electron chi connectivity index (χ1n) is 8.96. The number of benzene rings is 1. The smallest absolute Gasteiger partial charge is 0.260 e. The van der Waals surface area contributed by atoms with Crippen molar-refractivity contribution in [2.24, 2.45) is 5.14 Å². The highest BCUT2D eigenvalue weighted by atomic mass is 32.2. The monoisotopic (exact) mass is 412 g/mol. The van der Waals surface area contributed by atoms with Crippen LogP contribution in [0.5, 0.6) is 5.75 Å². The summed E-state index contributed by atoms with van der Waals surface area (Å²) in [5.41, 5.74) is 1.64. The Hall–Kier alpha value is -3.11. The molecule has 9 nitrogen and oxygen atoms in total. The molecule has 1 aromatic carbocycles. The maximum absolute atomic E-state index is 13.1. The minimum Gasteiger partial charge on any atom is -0.497 e. The first-order chi connectivity index (χ1) is 13.9. The summed E-state index contributed by atoms with van der Waals surface area (Å²) in [6.45, 7) is 4.28. The fourth-order valence-corrected chi connectivity index (χ4v) is 3.98. The molecule has 4 rings (SSSR count). The molecule has 3 aromatic rings. The number of anilines is 1. The quantitative estimate of drug-likeness (QED) is 0.686. The van der Waals surface area contributed by atoms with Crippen molar-refractivity contribution in [3.8, 4) is 17.3 Å². The van der Waals surface area contributed by atoms with Crippen LogP contribution >= 0.6 is 0 Å². The molecule has 1 aliphatic rings. The number of fused-ring (bicyclic) bond motifs is 1. The van der Waals surface area contributed by atoms with Crippen LogP contribution in [0.2, 0.25) is 0 Å². The van der Waals surface area contributed by atoms with Crippen molar-refractivity contribution in [1.29, 1.82) is 0 Å². The van der Waals surface area contributed by atoms with Gasteiger partial charge in [0.2, 0.25) is 0 Å². The first-order valence-corrected chi connectivity index (χ1v) is 10.2. The number of nitrogens with two attached hydrogens (primary N) is 1. The van der Waals surface area contributed by atoms with Gasteiger partial charge in [-0.25, -0.2) is 14.3 Å². The van der Waals surface area contributed by atoms with E-state index in [9.17, 15) is 9.00 Å². The van der Waals surface area contributed by atoms with Crippen LogP contribution in [0, 0.1) is 0 Å². The molecule has 2 N–H and O–H groups in total. The van der Waals surface area contributed by atoms with Gasteiger partial charge in [0.15, 0.2) is 5.82 Å². The lowest BCUT2D eigenvalue weighted by Gasteiger charge is -2.16. The fraction of sp³-hybridized carbons (Fsp3) is 0.263. The molecular weight excluding hydrogens is 392 g/mol. The average Bonchev–Trinajstić information content (AvgIpc) is 3.33. The summed E-state index contributed by atoms with van der Waals surface area (Å²) in [4.78, 5) is 19.6. The van der Waals surface area contributed by atoms with Gasteiger partial charge in [0.1, 0.15) is 34.6 Å². The Morgan fingerprint density at radius 2 is 2.07 bits per heavy atom. The summed E-state index contributed by atoms with van der Waals surface area (Å²) in [5, 5.41) is 13.8. The number of aromatic nitrogens is 4. The lowest BCUT2D eigenvalue weighted by Crippen LogP contribution is -2.24. The van der Waals surface area contributed by atoms with E-state index < -0.39 is 11.0 Å². The van der Waals surface area contributed by atoms with Crippen LogP contribution in [0.3, 0.4) is 0 Å². The molecule has 0 saturated carbocycles. The second-order valence-electron chi connectivity index (χ2n) is 6.88. The summed E-state index contributed by atoms with van der Waals surface area (Å²) in [5.74, 6) is 1.27. The Morgan fingerprint density at radius 3 is 2.76 bits per heavy atom. The van der Waals surface area contributed by atoms with Gasteiger partial charge in [-0.05, 0) is 38.1 Å². The maximum atomic E-state index is 13.1. The lowest BCUT2D eigenvalue weighted by atomic mass is 10.1. The molecule has 1 aliphatic heterocycles. The molecular formula is C19H20N6O3S. The van der Waals surface area contributed by atoms with Gasteiger partial charge in [-0.2, -0.15) is 0 Å². The number of carbonyl (C=O) groups excluding carboxylic acids is 1. The first kappa shape index (κ1) is 19.2. The highest BCUT2D eigenvalue weighted by Gasteiger charge is 2.33. The second-order valence-corrected chi connectivity index (χ2v) is 7.91. The van der Waals surface area contributed by atoms with E-state index in [2.05, 4.69) is 15.2 Å². The predicted molar refractivity (Wildman–Crippen MR) is 108 cm³/mol. The molecule has 10 heteroatoms. The molecule has 150 valence electrons. The van der Waals surface area contributed by atoms with Crippen LogP contribution < -0.4 is 14.8 Å². The summed E-state index contributed by atoms with van der Waals surface area (Å²) < 4.78 is 19.1. The van der Waals surface area contributed by atoms with Crippen molar-refractivity contribution in [3.63, 3.8) is 0 Å². The molecule has 1 atom stereocenters. The second kappa shape index (κ2) is 7.37. The summed E-state index contributed by atoms with van der Waals surface area (Å²) >= 11 is 0. The number of ether oxygens (including phenoxy) is 1. The van der Waals surface area contributed by atoms with E-state index in [1.54, 1.807) is 24.5 Å². The summed E-state index contributed by atoms with van der Waals surface area (Å²) in [6, 6.07) is 8.78. The Labute approximate surface area is 170 Å². The van der Waals surface area contributed by atoms with Crippen molar-refractivity contribution < 1.29 is 13.7 Å². The minimum absolute atomic E-state index is 0.165. The Kier molecular flexibility index (Phi) is 4.89. The topological polar surface area (TPSA) is 116 Å². The number of nitrogens with zero attached hydrogens (tertiary/aromatic N) is 5. The molecule has 0 bridgehead atoms. The Balaban J connectivity index is 1.75. The number of pyridine rings is 1. The third-order valence-corrected chi connectivity index (χ3v) is 5.59. The molecule has 0 radical (unpaired) electrons. The van der Waals surface area contributed by atoms with Gasteiger partial charge in [0.25, 0.3) is 5.91 Å². The van der Waals surface area contributed by atoms with Crippen LogP contribution in [-0.2, 0) is 17.5 Å². The molecule has 0 saturated heterocycles. The summed E-state index contributed by atoms with van der Waals surface area (Å²) in [7, 11) is -0.263. The summed E-state index contributed by atoms with van der Waals surface area (Å²) in [6.07, 6.45) is 1.65. The molecule has 0 aliphatic carbocycles. The van der Waals surface area contributed by atoms with E-state index in [0.717, 1.165) is 0 Å². The number of hydrogen-bond acceptors (Lipinski definition) is 6. The molecule has 1 amide bonds. The lowest BCUT2D eigenvalue weighted by molar-refractivity contribution is 0.0995. The van der Waals surface area contributed by atoms with Gasteiger partial charge < -0.3 is 9.30 Å². The molecule has 2 aromatic heterocycles. The van der Waals surface area contributed by atoms with Crippen LogP contribution in [0.25, 0.3) is 11.5 Å². The van der Waals surface area contributed by atoms with E-state index in [0.29, 0.717) is 39.1 Å². The van der Waals surface area contributed by atoms with Crippen molar-refractivity contribution in [3.05, 3.63) is 47.8 Å².